The molecule has 0 amide bonds. The van der Waals surface area contributed by atoms with Gasteiger partial charge in [-0.2, -0.15) is 0 Å². The Balaban J connectivity index is 2.19. The molecule has 5 nitrogen and oxygen atoms in total. The van der Waals surface area contributed by atoms with Gasteiger partial charge in [0.2, 0.25) is 6.36 Å². The second-order valence-corrected chi connectivity index (χ2v) is 5.32. The fourth-order valence-corrected chi connectivity index (χ4v) is 2.48. The second kappa shape index (κ2) is 5.62. The van der Waals surface area contributed by atoms with Gasteiger partial charge >= 0.3 is 0 Å². The van der Waals surface area contributed by atoms with E-state index < -0.39 is 23.5 Å². The molecule has 0 aliphatic carbocycles. The second-order valence-electron chi connectivity index (χ2n) is 5.32. The van der Waals surface area contributed by atoms with Crippen LogP contribution >= 0.6 is 0 Å². The molecule has 0 saturated heterocycles. The number of halogens is 3. The van der Waals surface area contributed by atoms with Gasteiger partial charge < -0.3 is 10.5 Å². The van der Waals surface area contributed by atoms with E-state index in [0.29, 0.717) is 11.6 Å². The van der Waals surface area contributed by atoms with Crippen molar-refractivity contribution in [2.75, 3.05) is 6.61 Å². The van der Waals surface area contributed by atoms with Crippen molar-refractivity contribution >= 4 is 5.84 Å². The highest BCUT2D eigenvalue weighted by Crippen LogP contribution is 2.38. The normalized spacial score (nSPS) is 24.3. The maximum absolute atomic E-state index is 14.3. The lowest BCUT2D eigenvalue weighted by atomic mass is 9.88. The molecule has 0 bridgehead atoms. The Morgan fingerprint density at radius 2 is 1.91 bits per heavy atom. The number of ether oxygens (including phenoxy) is 1. The molecule has 1 aliphatic rings. The molecule has 1 aliphatic heterocycles. The van der Waals surface area contributed by atoms with E-state index in [2.05, 4.69) is 15.0 Å². The Morgan fingerprint density at radius 1 is 1.22 bits per heavy atom. The average Bonchev–Trinajstić information content (AvgIpc) is 2.52. The minimum atomic E-state index is -1.91. The first-order chi connectivity index (χ1) is 10.9. The quantitative estimate of drug-likeness (QED) is 0.921. The summed E-state index contributed by atoms with van der Waals surface area (Å²) in [5.74, 6) is -1.71. The van der Waals surface area contributed by atoms with Gasteiger partial charge in [0.15, 0.2) is 0 Å². The molecule has 120 valence electrons. The highest BCUT2D eigenvalue weighted by Gasteiger charge is 2.42. The molecule has 2 heterocycles. The van der Waals surface area contributed by atoms with Gasteiger partial charge in [0.1, 0.15) is 35.9 Å². The van der Waals surface area contributed by atoms with Crippen molar-refractivity contribution in [1.29, 1.82) is 0 Å². The van der Waals surface area contributed by atoms with Crippen LogP contribution in [-0.2, 0) is 10.3 Å². The molecule has 2 atom stereocenters. The molecule has 0 fully saturated rings. The lowest BCUT2D eigenvalue weighted by Crippen LogP contribution is -2.43. The lowest BCUT2D eigenvalue weighted by Gasteiger charge is -2.33. The Kier molecular flexibility index (Phi) is 3.77. The summed E-state index contributed by atoms with van der Waals surface area (Å²) in [5.41, 5.74) is 4.09. The van der Waals surface area contributed by atoms with Crippen molar-refractivity contribution in [3.05, 3.63) is 48.1 Å². The van der Waals surface area contributed by atoms with Gasteiger partial charge in [-0.3, -0.25) is 4.99 Å². The number of nitrogens with two attached hydrogens (primary N) is 1. The van der Waals surface area contributed by atoms with Crippen LogP contribution in [0.3, 0.4) is 0 Å². The lowest BCUT2D eigenvalue weighted by molar-refractivity contribution is -0.0805. The van der Waals surface area contributed by atoms with Crippen LogP contribution in [0, 0.1) is 11.6 Å². The summed E-state index contributed by atoms with van der Waals surface area (Å²) in [4.78, 5) is 11.6. The van der Waals surface area contributed by atoms with E-state index in [1.807, 2.05) is 0 Å². The van der Waals surface area contributed by atoms with Gasteiger partial charge in [0.25, 0.3) is 0 Å². The zero-order valence-corrected chi connectivity index (χ0v) is 12.1. The first-order valence-corrected chi connectivity index (χ1v) is 6.76. The predicted molar refractivity (Wildman–Crippen MR) is 77.2 cm³/mol. The Morgan fingerprint density at radius 3 is 2.61 bits per heavy atom. The van der Waals surface area contributed by atoms with Crippen LogP contribution in [0.2, 0.25) is 0 Å². The average molecular weight is 322 g/mol. The number of aliphatic imine (C=N–C) groups is 1. The third kappa shape index (κ3) is 2.65. The fraction of sp³-hybridized carbons (Fsp3) is 0.267. The van der Waals surface area contributed by atoms with Gasteiger partial charge in [-0.25, -0.2) is 23.1 Å². The predicted octanol–water partition coefficient (Wildman–Crippen LogP) is 2.32. The highest BCUT2D eigenvalue weighted by atomic mass is 19.1. The van der Waals surface area contributed by atoms with E-state index in [1.54, 1.807) is 0 Å². The van der Waals surface area contributed by atoms with Crippen molar-refractivity contribution in [3.8, 4) is 11.1 Å². The topological polar surface area (TPSA) is 73.4 Å². The maximum atomic E-state index is 14.3. The molecular weight excluding hydrogens is 309 g/mol. The molecule has 2 aromatic rings. The van der Waals surface area contributed by atoms with Crippen LogP contribution in [0.1, 0.15) is 12.5 Å². The number of benzene rings is 1. The van der Waals surface area contributed by atoms with E-state index in [4.69, 9.17) is 10.5 Å². The number of hydrogen-bond acceptors (Lipinski definition) is 5. The minimum Gasteiger partial charge on any atom is -0.385 e. The first-order valence-electron chi connectivity index (χ1n) is 6.76. The van der Waals surface area contributed by atoms with Crippen LogP contribution in [0.5, 0.6) is 0 Å². The zero-order chi connectivity index (χ0) is 16.6. The number of nitrogens with zero attached hydrogens (tertiary/aromatic N) is 3. The molecule has 0 spiro atoms. The highest BCUT2D eigenvalue weighted by molar-refractivity contribution is 5.82. The molecule has 1 aromatic carbocycles. The van der Waals surface area contributed by atoms with E-state index in [1.165, 1.54) is 31.7 Å². The van der Waals surface area contributed by atoms with Gasteiger partial charge in [0, 0.05) is 35.2 Å². The fourth-order valence-electron chi connectivity index (χ4n) is 2.48. The van der Waals surface area contributed by atoms with Gasteiger partial charge in [-0.15, -0.1) is 0 Å². The van der Waals surface area contributed by atoms with Crippen LogP contribution in [-0.4, -0.2) is 28.8 Å². The number of hydrogen-bond donors (Lipinski definition) is 1. The molecule has 0 radical (unpaired) electrons. The van der Waals surface area contributed by atoms with Crippen LogP contribution in [0.15, 0.2) is 35.8 Å². The number of aromatic nitrogens is 2. The van der Waals surface area contributed by atoms with E-state index >= 15 is 0 Å². The summed E-state index contributed by atoms with van der Waals surface area (Å²) >= 11 is 0. The van der Waals surface area contributed by atoms with E-state index in [0.717, 1.165) is 0 Å². The smallest absolute Gasteiger partial charge is 0.228 e. The van der Waals surface area contributed by atoms with Crippen LogP contribution < -0.4 is 5.73 Å². The molecule has 23 heavy (non-hydrogen) atoms. The molecule has 8 heteroatoms. The standard InChI is InChI=1S/C15H13F3N4O/c1-15(14(18)23-6-13(19)22-15)10-2-9(11(16)3-12(10)17)8-4-20-7-21-5-8/h2-5,7,14H,6H2,1H3,(H2,19,22)/t14-,15+/m1/s1. The van der Waals surface area contributed by atoms with Gasteiger partial charge in [0.05, 0.1) is 0 Å². The Bertz CT molecular complexity index is 769. The zero-order valence-electron chi connectivity index (χ0n) is 12.1. The summed E-state index contributed by atoms with van der Waals surface area (Å²) in [5, 5.41) is 0. The molecular formula is C15H13F3N4O. The number of rotatable bonds is 2. The van der Waals surface area contributed by atoms with Crippen molar-refractivity contribution in [3.63, 3.8) is 0 Å². The summed E-state index contributed by atoms with van der Waals surface area (Å²) in [7, 11) is 0. The number of amidine groups is 1. The van der Waals surface area contributed by atoms with Gasteiger partial charge in [-0.1, -0.05) is 0 Å². The molecule has 3 rings (SSSR count). The van der Waals surface area contributed by atoms with Crippen molar-refractivity contribution in [2.24, 2.45) is 10.7 Å². The molecule has 0 saturated carbocycles. The largest absolute Gasteiger partial charge is 0.385 e. The van der Waals surface area contributed by atoms with E-state index in [9.17, 15) is 13.2 Å². The monoisotopic (exact) mass is 322 g/mol. The van der Waals surface area contributed by atoms with E-state index in [-0.39, 0.29) is 23.6 Å². The Hall–Kier alpha value is -2.48. The summed E-state index contributed by atoms with van der Waals surface area (Å²) in [6.45, 7) is 1.16. The minimum absolute atomic E-state index is 0.0368. The van der Waals surface area contributed by atoms with Crippen molar-refractivity contribution in [2.45, 2.75) is 18.8 Å². The first kappa shape index (κ1) is 15.4. The third-order valence-electron chi connectivity index (χ3n) is 3.67. The van der Waals surface area contributed by atoms with Crippen molar-refractivity contribution in [1.82, 2.24) is 9.97 Å². The van der Waals surface area contributed by atoms with Gasteiger partial charge in [-0.05, 0) is 13.0 Å². The van der Waals surface area contributed by atoms with Crippen LogP contribution in [0.25, 0.3) is 11.1 Å². The molecule has 0 unspecified atom stereocenters. The SMILES string of the molecule is C[C@@]1(c2cc(-c3cncnc3)c(F)cc2F)N=C(N)CO[C@H]1F. The Labute approximate surface area is 130 Å². The molecule has 2 N–H and O–H groups in total. The summed E-state index contributed by atoms with van der Waals surface area (Å²) in [6, 6.07) is 1.86. The third-order valence-corrected chi connectivity index (χ3v) is 3.67. The molecule has 1 aromatic heterocycles. The van der Waals surface area contributed by atoms with Crippen molar-refractivity contribution < 1.29 is 17.9 Å². The summed E-state index contributed by atoms with van der Waals surface area (Å²) < 4.78 is 47.5. The maximum Gasteiger partial charge on any atom is 0.228 e. The summed E-state index contributed by atoms with van der Waals surface area (Å²) in [6.07, 6.45) is 2.12. The number of alkyl halides is 1. The van der Waals surface area contributed by atoms with Crippen LogP contribution in [0.4, 0.5) is 13.2 Å².